The maximum Gasteiger partial charge on any atom is 0.244 e. The predicted octanol–water partition coefficient (Wildman–Crippen LogP) is 4.09. The van der Waals surface area contributed by atoms with Crippen molar-refractivity contribution in [1.82, 2.24) is 14.1 Å². The Labute approximate surface area is 157 Å². The number of hydrogen-bond acceptors (Lipinski definition) is 2. The van der Waals surface area contributed by atoms with Gasteiger partial charge in [0.2, 0.25) is 5.91 Å². The Morgan fingerprint density at radius 1 is 1.11 bits per heavy atom. The fourth-order valence-corrected chi connectivity index (χ4v) is 3.88. The lowest BCUT2D eigenvalue weighted by molar-refractivity contribution is -0.116. The second-order valence-corrected chi connectivity index (χ2v) is 6.95. The first-order valence-corrected chi connectivity index (χ1v) is 9.26. The third kappa shape index (κ3) is 2.91. The van der Waals surface area contributed by atoms with E-state index < -0.39 is 0 Å². The number of carbonyl (C=O) groups excluding carboxylic acids is 1. The van der Waals surface area contributed by atoms with Gasteiger partial charge in [0, 0.05) is 35.9 Å². The molecule has 134 valence electrons. The summed E-state index contributed by atoms with van der Waals surface area (Å²) >= 11 is 0. The molecular weight excluding hydrogens is 336 g/mol. The number of imidazole rings is 1. The van der Waals surface area contributed by atoms with Crippen molar-refractivity contribution in [3.63, 3.8) is 0 Å². The molecule has 0 aliphatic carbocycles. The molecule has 3 heterocycles. The maximum atomic E-state index is 12.6. The highest BCUT2D eigenvalue weighted by molar-refractivity contribution is 5.92. The van der Waals surface area contributed by atoms with Crippen LogP contribution in [-0.2, 0) is 24.3 Å². The summed E-state index contributed by atoms with van der Waals surface area (Å²) < 4.78 is 4.24. The first-order chi connectivity index (χ1) is 13.3. The van der Waals surface area contributed by atoms with E-state index in [4.69, 9.17) is 0 Å². The molecule has 0 saturated carbocycles. The van der Waals surface area contributed by atoms with Gasteiger partial charge in [0.1, 0.15) is 12.4 Å². The molecule has 0 unspecified atom stereocenters. The number of rotatable bonds is 4. The highest BCUT2D eigenvalue weighted by Crippen LogP contribution is 2.27. The van der Waals surface area contributed by atoms with Crippen LogP contribution in [0, 0.1) is 0 Å². The molecule has 5 heteroatoms. The molecule has 1 aliphatic heterocycles. The number of fused-ring (bicyclic) bond motifs is 2. The van der Waals surface area contributed by atoms with Crippen molar-refractivity contribution in [3.8, 4) is 11.3 Å². The molecule has 0 saturated heterocycles. The summed E-state index contributed by atoms with van der Waals surface area (Å²) in [5.41, 5.74) is 4.08. The van der Waals surface area contributed by atoms with Crippen LogP contribution in [0.25, 0.3) is 22.2 Å². The Morgan fingerprint density at radius 2 is 2.04 bits per heavy atom. The Balaban J connectivity index is 1.35. The number of carbonyl (C=O) groups is 1. The monoisotopic (exact) mass is 356 g/mol. The molecule has 1 aliphatic rings. The zero-order valence-corrected chi connectivity index (χ0v) is 14.9. The number of nitrogens with one attached hydrogen (secondary N) is 1. The summed E-state index contributed by atoms with van der Waals surface area (Å²) in [5, 5.41) is 4.17. The van der Waals surface area contributed by atoms with Crippen molar-refractivity contribution in [2.75, 3.05) is 5.32 Å². The molecule has 0 bridgehead atoms. The van der Waals surface area contributed by atoms with Gasteiger partial charge in [0.25, 0.3) is 0 Å². The van der Waals surface area contributed by atoms with Gasteiger partial charge in [-0.25, -0.2) is 4.98 Å². The van der Waals surface area contributed by atoms with Crippen LogP contribution in [0.3, 0.4) is 0 Å². The van der Waals surface area contributed by atoms with E-state index in [2.05, 4.69) is 27.0 Å². The molecule has 1 amide bonds. The topological polar surface area (TPSA) is 51.9 Å². The lowest BCUT2D eigenvalue weighted by Crippen LogP contribution is -2.18. The molecule has 0 radical (unpaired) electrons. The molecule has 0 fully saturated rings. The smallest absolute Gasteiger partial charge is 0.244 e. The van der Waals surface area contributed by atoms with Crippen molar-refractivity contribution >= 4 is 22.5 Å². The second kappa shape index (κ2) is 6.43. The SMILES string of the molecule is O=C(Cn1ccc2ccccc21)Nc1cccc(-c2cnc3n2CCC3)c1. The second-order valence-electron chi connectivity index (χ2n) is 6.95. The number of anilines is 1. The van der Waals surface area contributed by atoms with E-state index in [1.54, 1.807) is 0 Å². The zero-order chi connectivity index (χ0) is 18.2. The van der Waals surface area contributed by atoms with Crippen LogP contribution in [0.4, 0.5) is 5.69 Å². The average molecular weight is 356 g/mol. The van der Waals surface area contributed by atoms with Crippen molar-refractivity contribution in [2.45, 2.75) is 25.9 Å². The van der Waals surface area contributed by atoms with Crippen molar-refractivity contribution in [1.29, 1.82) is 0 Å². The minimum atomic E-state index is -0.0352. The van der Waals surface area contributed by atoms with Gasteiger partial charge >= 0.3 is 0 Å². The Kier molecular flexibility index (Phi) is 3.78. The van der Waals surface area contributed by atoms with Gasteiger partial charge in [-0.1, -0.05) is 30.3 Å². The van der Waals surface area contributed by atoms with E-state index in [9.17, 15) is 4.79 Å². The van der Waals surface area contributed by atoms with Gasteiger partial charge in [-0.05, 0) is 36.1 Å². The highest BCUT2D eigenvalue weighted by atomic mass is 16.1. The summed E-state index contributed by atoms with van der Waals surface area (Å²) in [4.78, 5) is 17.1. The molecular formula is C22H20N4O. The Bertz CT molecular complexity index is 1140. The molecule has 0 atom stereocenters. The standard InChI is InChI=1S/C22H20N4O/c27-22(15-25-12-10-16-5-1-2-8-19(16)25)24-18-7-3-6-17(13-18)20-14-23-21-9-4-11-26(20)21/h1-3,5-8,10,12-14H,4,9,11,15H2,(H,24,27). The number of nitrogens with zero attached hydrogens (tertiary/aromatic N) is 3. The largest absolute Gasteiger partial charge is 0.338 e. The molecule has 5 rings (SSSR count). The summed E-state index contributed by atoms with van der Waals surface area (Å²) in [6.45, 7) is 1.31. The number of aromatic nitrogens is 3. The van der Waals surface area contributed by atoms with Crippen LogP contribution in [0.5, 0.6) is 0 Å². The van der Waals surface area contributed by atoms with Gasteiger partial charge in [-0.3, -0.25) is 4.79 Å². The lowest BCUT2D eigenvalue weighted by Gasteiger charge is -2.10. The Hall–Kier alpha value is -3.34. The molecule has 2 aromatic carbocycles. The summed E-state index contributed by atoms with van der Waals surface area (Å²) in [7, 11) is 0. The average Bonchev–Trinajstić information content (AvgIpc) is 3.38. The fourth-order valence-electron chi connectivity index (χ4n) is 3.88. The van der Waals surface area contributed by atoms with E-state index in [1.807, 2.05) is 59.4 Å². The van der Waals surface area contributed by atoms with Crippen molar-refractivity contribution in [3.05, 3.63) is 72.8 Å². The normalized spacial score (nSPS) is 13.0. The van der Waals surface area contributed by atoms with Crippen LogP contribution >= 0.6 is 0 Å². The summed E-state index contributed by atoms with van der Waals surface area (Å²) in [6.07, 6.45) is 6.08. The maximum absolute atomic E-state index is 12.6. The number of benzene rings is 2. The molecule has 4 aromatic rings. The van der Waals surface area contributed by atoms with Crippen LogP contribution in [0.2, 0.25) is 0 Å². The number of hydrogen-bond donors (Lipinski definition) is 1. The van der Waals surface area contributed by atoms with E-state index in [1.165, 1.54) is 0 Å². The van der Waals surface area contributed by atoms with Gasteiger partial charge < -0.3 is 14.5 Å². The van der Waals surface area contributed by atoms with Crippen LogP contribution in [-0.4, -0.2) is 20.0 Å². The van der Waals surface area contributed by atoms with E-state index in [-0.39, 0.29) is 5.91 Å². The first kappa shape index (κ1) is 15.9. The molecule has 5 nitrogen and oxygen atoms in total. The van der Waals surface area contributed by atoms with E-state index in [0.29, 0.717) is 6.54 Å². The first-order valence-electron chi connectivity index (χ1n) is 9.26. The highest BCUT2D eigenvalue weighted by Gasteiger charge is 2.16. The molecule has 1 N–H and O–H groups in total. The third-order valence-corrected chi connectivity index (χ3v) is 5.16. The Morgan fingerprint density at radius 3 is 3.00 bits per heavy atom. The van der Waals surface area contributed by atoms with Gasteiger partial charge in [0.05, 0.1) is 11.9 Å². The van der Waals surface area contributed by atoms with Crippen molar-refractivity contribution < 1.29 is 4.79 Å². The molecule has 2 aromatic heterocycles. The van der Waals surface area contributed by atoms with E-state index in [0.717, 1.165) is 53.1 Å². The minimum Gasteiger partial charge on any atom is -0.338 e. The van der Waals surface area contributed by atoms with Gasteiger partial charge in [0.15, 0.2) is 0 Å². The summed E-state index contributed by atoms with van der Waals surface area (Å²) in [6, 6.07) is 18.1. The number of aryl methyl sites for hydroxylation is 1. The van der Waals surface area contributed by atoms with Crippen LogP contribution < -0.4 is 5.32 Å². The number of amides is 1. The minimum absolute atomic E-state index is 0.0352. The van der Waals surface area contributed by atoms with Crippen LogP contribution in [0.15, 0.2) is 67.0 Å². The van der Waals surface area contributed by atoms with Crippen LogP contribution in [0.1, 0.15) is 12.2 Å². The fraction of sp³-hybridized carbons (Fsp3) is 0.182. The quantitative estimate of drug-likeness (QED) is 0.599. The third-order valence-electron chi connectivity index (χ3n) is 5.16. The van der Waals surface area contributed by atoms with E-state index >= 15 is 0 Å². The predicted molar refractivity (Wildman–Crippen MR) is 107 cm³/mol. The van der Waals surface area contributed by atoms with Crippen molar-refractivity contribution in [2.24, 2.45) is 0 Å². The van der Waals surface area contributed by atoms with Gasteiger partial charge in [-0.15, -0.1) is 0 Å². The molecule has 27 heavy (non-hydrogen) atoms. The zero-order valence-electron chi connectivity index (χ0n) is 14.9. The van der Waals surface area contributed by atoms with Gasteiger partial charge in [-0.2, -0.15) is 0 Å². The number of para-hydroxylation sites is 1. The lowest BCUT2D eigenvalue weighted by atomic mass is 10.1. The summed E-state index contributed by atoms with van der Waals surface area (Å²) in [5.74, 6) is 1.12. The molecule has 0 spiro atoms.